The maximum Gasteiger partial charge on any atom is 0.250 e. The molecule has 3 aromatic rings. The van der Waals surface area contributed by atoms with Crippen LogP contribution >= 0.6 is 11.3 Å². The smallest absolute Gasteiger partial charge is 0.250 e. The third kappa shape index (κ3) is 5.52. The van der Waals surface area contributed by atoms with Gasteiger partial charge in [0.2, 0.25) is 15.9 Å². The molecule has 0 fully saturated rings. The summed E-state index contributed by atoms with van der Waals surface area (Å²) in [5.41, 5.74) is 4.20. The third-order valence-corrected chi connectivity index (χ3v) is 6.19. The summed E-state index contributed by atoms with van der Waals surface area (Å²) in [7, 11) is -1.80. The van der Waals surface area contributed by atoms with Crippen LogP contribution in [0.4, 0.5) is 10.8 Å². The van der Waals surface area contributed by atoms with E-state index in [-0.39, 0.29) is 5.91 Å². The van der Waals surface area contributed by atoms with Gasteiger partial charge >= 0.3 is 0 Å². The standard InChI is InChI=1S/C21H21N3O3S2/c1-15-5-4-6-16(13-15)7-12-20(25)23-21-22-19(14-28-21)17-8-10-18(11-9-17)24(2)29(3,26)27/h4-14H,1-3H3,(H,22,23,25)/b12-7+. The van der Waals surface area contributed by atoms with Gasteiger partial charge in [-0.3, -0.25) is 14.4 Å². The summed E-state index contributed by atoms with van der Waals surface area (Å²) in [6.45, 7) is 2.00. The molecule has 1 N–H and O–H groups in total. The molecule has 2 aromatic carbocycles. The van der Waals surface area contributed by atoms with Crippen LogP contribution in [0, 0.1) is 6.92 Å². The minimum atomic E-state index is -3.30. The number of benzene rings is 2. The highest BCUT2D eigenvalue weighted by molar-refractivity contribution is 7.92. The maximum atomic E-state index is 12.1. The zero-order valence-electron chi connectivity index (χ0n) is 16.3. The van der Waals surface area contributed by atoms with Gasteiger partial charge < -0.3 is 0 Å². The Morgan fingerprint density at radius 2 is 1.90 bits per heavy atom. The minimum absolute atomic E-state index is 0.252. The van der Waals surface area contributed by atoms with Crippen LogP contribution in [-0.4, -0.2) is 32.6 Å². The number of sulfonamides is 1. The molecule has 0 saturated carbocycles. The number of hydrogen-bond acceptors (Lipinski definition) is 5. The highest BCUT2D eigenvalue weighted by Gasteiger charge is 2.12. The maximum absolute atomic E-state index is 12.1. The molecule has 8 heteroatoms. The molecule has 0 spiro atoms. The first kappa shape index (κ1) is 20.8. The Balaban J connectivity index is 1.67. The van der Waals surface area contributed by atoms with Gasteiger partial charge in [-0.05, 0) is 30.7 Å². The van der Waals surface area contributed by atoms with Crippen molar-refractivity contribution in [2.45, 2.75) is 6.92 Å². The molecule has 0 aliphatic carbocycles. The van der Waals surface area contributed by atoms with Crippen molar-refractivity contribution in [2.24, 2.45) is 0 Å². The molecule has 0 bridgehead atoms. The molecule has 0 atom stereocenters. The van der Waals surface area contributed by atoms with Crippen LogP contribution in [0.3, 0.4) is 0 Å². The number of thiazole rings is 1. The molecule has 1 aromatic heterocycles. The minimum Gasteiger partial charge on any atom is -0.298 e. The van der Waals surface area contributed by atoms with Crippen LogP contribution in [0.1, 0.15) is 11.1 Å². The molecular weight excluding hydrogens is 406 g/mol. The van der Waals surface area contributed by atoms with Gasteiger partial charge in [0.05, 0.1) is 17.6 Å². The van der Waals surface area contributed by atoms with Crippen LogP contribution in [-0.2, 0) is 14.8 Å². The lowest BCUT2D eigenvalue weighted by Crippen LogP contribution is -2.24. The molecule has 1 amide bonds. The van der Waals surface area contributed by atoms with Gasteiger partial charge in [0, 0.05) is 24.1 Å². The summed E-state index contributed by atoms with van der Waals surface area (Å²) in [5.74, 6) is -0.252. The van der Waals surface area contributed by atoms with Crippen molar-refractivity contribution in [3.05, 3.63) is 71.1 Å². The van der Waals surface area contributed by atoms with Crippen LogP contribution in [0.5, 0.6) is 0 Å². The van der Waals surface area contributed by atoms with Crippen molar-refractivity contribution in [3.63, 3.8) is 0 Å². The van der Waals surface area contributed by atoms with Gasteiger partial charge in [0.25, 0.3) is 0 Å². The number of hydrogen-bond donors (Lipinski definition) is 1. The molecule has 0 saturated heterocycles. The molecule has 0 radical (unpaired) electrons. The predicted molar refractivity (Wildman–Crippen MR) is 120 cm³/mol. The number of anilines is 2. The largest absolute Gasteiger partial charge is 0.298 e. The van der Waals surface area contributed by atoms with E-state index in [0.29, 0.717) is 16.5 Å². The topological polar surface area (TPSA) is 79.4 Å². The molecule has 1 heterocycles. The Bertz CT molecular complexity index is 1150. The Morgan fingerprint density at radius 3 is 2.55 bits per heavy atom. The Morgan fingerprint density at radius 1 is 1.17 bits per heavy atom. The number of amides is 1. The van der Waals surface area contributed by atoms with E-state index < -0.39 is 10.0 Å². The van der Waals surface area contributed by atoms with E-state index in [4.69, 9.17) is 0 Å². The molecule has 3 rings (SSSR count). The van der Waals surface area contributed by atoms with Gasteiger partial charge in [0.1, 0.15) is 0 Å². The van der Waals surface area contributed by atoms with Crippen molar-refractivity contribution in [3.8, 4) is 11.3 Å². The lowest BCUT2D eigenvalue weighted by molar-refractivity contribution is -0.111. The second-order valence-corrected chi connectivity index (χ2v) is 9.42. The molecule has 6 nitrogen and oxygen atoms in total. The monoisotopic (exact) mass is 427 g/mol. The van der Waals surface area contributed by atoms with Crippen molar-refractivity contribution in [1.29, 1.82) is 0 Å². The van der Waals surface area contributed by atoms with E-state index in [1.54, 1.807) is 30.3 Å². The van der Waals surface area contributed by atoms with Gasteiger partial charge in [-0.25, -0.2) is 13.4 Å². The molecule has 0 aliphatic heterocycles. The van der Waals surface area contributed by atoms with E-state index in [1.165, 1.54) is 28.8 Å². The Kier molecular flexibility index (Phi) is 6.14. The zero-order chi connectivity index (χ0) is 21.0. The van der Waals surface area contributed by atoms with Gasteiger partial charge in [-0.2, -0.15) is 0 Å². The molecule has 29 heavy (non-hydrogen) atoms. The van der Waals surface area contributed by atoms with Crippen LogP contribution < -0.4 is 9.62 Å². The molecular formula is C21H21N3O3S2. The summed E-state index contributed by atoms with van der Waals surface area (Å²) in [5, 5.41) is 5.10. The normalized spacial score (nSPS) is 11.6. The SMILES string of the molecule is Cc1cccc(/C=C/C(=O)Nc2nc(-c3ccc(N(C)S(C)(=O)=O)cc3)cs2)c1. The molecule has 0 aliphatic rings. The van der Waals surface area contributed by atoms with Crippen molar-refractivity contribution in [2.75, 3.05) is 22.9 Å². The zero-order valence-corrected chi connectivity index (χ0v) is 17.9. The van der Waals surface area contributed by atoms with E-state index in [1.807, 2.05) is 36.6 Å². The Hall–Kier alpha value is -2.97. The fourth-order valence-electron chi connectivity index (χ4n) is 2.59. The average Bonchev–Trinajstić information content (AvgIpc) is 3.14. The Labute approximate surface area is 174 Å². The van der Waals surface area contributed by atoms with Crippen molar-refractivity contribution in [1.82, 2.24) is 4.98 Å². The number of nitrogens with one attached hydrogen (secondary N) is 1. The first-order chi connectivity index (χ1) is 13.7. The summed E-state index contributed by atoms with van der Waals surface area (Å²) in [4.78, 5) is 16.6. The fraction of sp³-hybridized carbons (Fsp3) is 0.143. The van der Waals surface area contributed by atoms with E-state index in [0.717, 1.165) is 22.9 Å². The number of nitrogens with zero attached hydrogens (tertiary/aromatic N) is 2. The average molecular weight is 428 g/mol. The van der Waals surface area contributed by atoms with Crippen molar-refractivity contribution >= 4 is 44.2 Å². The molecule has 0 unspecified atom stereocenters. The van der Waals surface area contributed by atoms with Crippen LogP contribution in [0.25, 0.3) is 17.3 Å². The first-order valence-electron chi connectivity index (χ1n) is 8.78. The van der Waals surface area contributed by atoms with Gasteiger partial charge in [-0.1, -0.05) is 42.0 Å². The predicted octanol–water partition coefficient (Wildman–Crippen LogP) is 4.17. The number of aromatic nitrogens is 1. The summed E-state index contributed by atoms with van der Waals surface area (Å²) in [6, 6.07) is 14.9. The summed E-state index contributed by atoms with van der Waals surface area (Å²) >= 11 is 1.33. The highest BCUT2D eigenvalue weighted by Crippen LogP contribution is 2.27. The highest BCUT2D eigenvalue weighted by atomic mass is 32.2. The van der Waals surface area contributed by atoms with E-state index in [9.17, 15) is 13.2 Å². The van der Waals surface area contributed by atoms with E-state index >= 15 is 0 Å². The first-order valence-corrected chi connectivity index (χ1v) is 11.5. The van der Waals surface area contributed by atoms with E-state index in [2.05, 4.69) is 10.3 Å². The quantitative estimate of drug-likeness (QED) is 0.599. The lowest BCUT2D eigenvalue weighted by atomic mass is 10.1. The number of rotatable bonds is 6. The third-order valence-electron chi connectivity index (χ3n) is 4.23. The lowest BCUT2D eigenvalue weighted by Gasteiger charge is -2.16. The number of aryl methyl sites for hydroxylation is 1. The second kappa shape index (κ2) is 8.59. The number of carbonyl (C=O) groups excluding carboxylic acids is 1. The van der Waals surface area contributed by atoms with Gasteiger partial charge in [0.15, 0.2) is 5.13 Å². The van der Waals surface area contributed by atoms with Crippen LogP contribution in [0.15, 0.2) is 60.0 Å². The van der Waals surface area contributed by atoms with Gasteiger partial charge in [-0.15, -0.1) is 11.3 Å². The fourth-order valence-corrected chi connectivity index (χ4v) is 3.82. The second-order valence-electron chi connectivity index (χ2n) is 6.55. The number of carbonyl (C=O) groups is 1. The summed E-state index contributed by atoms with van der Waals surface area (Å²) in [6.07, 6.45) is 4.39. The van der Waals surface area contributed by atoms with Crippen molar-refractivity contribution < 1.29 is 13.2 Å². The van der Waals surface area contributed by atoms with Crippen LogP contribution in [0.2, 0.25) is 0 Å². The molecule has 150 valence electrons. The summed E-state index contributed by atoms with van der Waals surface area (Å²) < 4.78 is 24.5.